The highest BCUT2D eigenvalue weighted by Gasteiger charge is 2.23. The Bertz CT molecular complexity index is 1030. The Morgan fingerprint density at radius 3 is 2.73 bits per heavy atom. The molecule has 0 aliphatic carbocycles. The summed E-state index contributed by atoms with van der Waals surface area (Å²) in [6.07, 6.45) is 8.26. The molecular formula is C17H18N8S. The summed E-state index contributed by atoms with van der Waals surface area (Å²) in [4.78, 5) is 18.1. The molecule has 5 heterocycles. The van der Waals surface area contributed by atoms with Crippen molar-refractivity contribution in [3.05, 3.63) is 36.7 Å². The number of aryl methyl sites for hydroxylation is 1. The van der Waals surface area contributed by atoms with Gasteiger partial charge in [0.1, 0.15) is 11.3 Å². The minimum absolute atomic E-state index is 0.837. The predicted octanol–water partition coefficient (Wildman–Crippen LogP) is 2.02. The van der Waals surface area contributed by atoms with Gasteiger partial charge < -0.3 is 9.80 Å². The monoisotopic (exact) mass is 366 g/mol. The van der Waals surface area contributed by atoms with Crippen molar-refractivity contribution in [2.24, 2.45) is 0 Å². The number of aromatic nitrogens is 6. The number of anilines is 2. The van der Waals surface area contributed by atoms with Crippen LogP contribution in [-0.2, 0) is 6.42 Å². The van der Waals surface area contributed by atoms with Crippen molar-refractivity contribution in [1.29, 1.82) is 0 Å². The molecule has 0 N–H and O–H groups in total. The Kier molecular flexibility index (Phi) is 3.66. The average molecular weight is 366 g/mol. The van der Waals surface area contributed by atoms with Gasteiger partial charge in [-0.2, -0.15) is 0 Å². The van der Waals surface area contributed by atoms with Crippen molar-refractivity contribution in [3.8, 4) is 0 Å². The minimum Gasteiger partial charge on any atom is -0.350 e. The van der Waals surface area contributed by atoms with Crippen LogP contribution in [-0.4, -0.2) is 55.7 Å². The molecular weight excluding hydrogens is 348 g/mol. The van der Waals surface area contributed by atoms with E-state index in [1.54, 1.807) is 11.3 Å². The van der Waals surface area contributed by atoms with E-state index in [0.29, 0.717) is 0 Å². The second kappa shape index (κ2) is 6.17. The molecule has 9 heteroatoms. The zero-order valence-corrected chi connectivity index (χ0v) is 15.2. The molecule has 0 radical (unpaired) electrons. The summed E-state index contributed by atoms with van der Waals surface area (Å²) in [6.45, 7) is 5.67. The second-order valence-electron chi connectivity index (χ2n) is 6.23. The van der Waals surface area contributed by atoms with Crippen LogP contribution in [0.25, 0.3) is 15.9 Å². The summed E-state index contributed by atoms with van der Waals surface area (Å²) in [6, 6.07) is 2.02. The van der Waals surface area contributed by atoms with E-state index in [4.69, 9.17) is 4.98 Å². The molecule has 0 aromatic carbocycles. The van der Waals surface area contributed by atoms with Crippen molar-refractivity contribution < 1.29 is 0 Å². The zero-order valence-electron chi connectivity index (χ0n) is 14.4. The van der Waals surface area contributed by atoms with E-state index in [2.05, 4.69) is 36.9 Å². The van der Waals surface area contributed by atoms with Gasteiger partial charge in [0, 0.05) is 51.2 Å². The summed E-state index contributed by atoms with van der Waals surface area (Å²) < 4.78 is 3.22. The largest absolute Gasteiger partial charge is 0.350 e. The fourth-order valence-corrected chi connectivity index (χ4v) is 4.32. The van der Waals surface area contributed by atoms with Crippen LogP contribution in [0.5, 0.6) is 0 Å². The molecule has 1 fully saturated rings. The van der Waals surface area contributed by atoms with E-state index in [0.717, 1.165) is 60.5 Å². The third-order valence-electron chi connectivity index (χ3n) is 4.72. The first-order valence-corrected chi connectivity index (χ1v) is 9.54. The molecule has 4 aromatic heterocycles. The van der Waals surface area contributed by atoms with Gasteiger partial charge in [-0.1, -0.05) is 18.3 Å². The van der Waals surface area contributed by atoms with Gasteiger partial charge in [0.15, 0.2) is 10.9 Å². The van der Waals surface area contributed by atoms with Gasteiger partial charge in [0.2, 0.25) is 5.65 Å². The first-order chi connectivity index (χ1) is 12.8. The SMILES string of the molecule is CCc1nnc2c(N3CCN(c4nc5cnccc5s4)CC3)nccn12. The maximum atomic E-state index is 4.72. The van der Waals surface area contributed by atoms with E-state index in [1.165, 1.54) is 4.70 Å². The number of pyridine rings is 1. The smallest absolute Gasteiger partial charge is 0.203 e. The molecule has 0 bridgehead atoms. The zero-order chi connectivity index (χ0) is 17.5. The summed E-state index contributed by atoms with van der Waals surface area (Å²) in [5.41, 5.74) is 1.81. The Balaban J connectivity index is 1.38. The summed E-state index contributed by atoms with van der Waals surface area (Å²) in [7, 11) is 0. The van der Waals surface area contributed by atoms with Crippen LogP contribution in [0.4, 0.5) is 10.9 Å². The fourth-order valence-electron chi connectivity index (χ4n) is 3.34. The number of fused-ring (bicyclic) bond motifs is 2. The van der Waals surface area contributed by atoms with Crippen LogP contribution in [0.15, 0.2) is 30.9 Å². The van der Waals surface area contributed by atoms with Gasteiger partial charge in [-0.25, -0.2) is 9.97 Å². The third kappa shape index (κ3) is 2.47. The molecule has 132 valence electrons. The molecule has 26 heavy (non-hydrogen) atoms. The molecule has 1 aliphatic rings. The number of hydrogen-bond donors (Lipinski definition) is 0. The maximum absolute atomic E-state index is 4.72. The van der Waals surface area contributed by atoms with Gasteiger partial charge in [-0.3, -0.25) is 9.38 Å². The molecule has 0 atom stereocenters. The highest BCUT2D eigenvalue weighted by Crippen LogP contribution is 2.29. The lowest BCUT2D eigenvalue weighted by molar-refractivity contribution is 0.646. The standard InChI is InChI=1S/C17H18N8S/c1-2-14-21-22-16-15(19-5-6-25(14)16)23-7-9-24(10-8-23)17-20-12-11-18-4-3-13(12)26-17/h3-6,11H,2,7-10H2,1H3. The van der Waals surface area contributed by atoms with E-state index < -0.39 is 0 Å². The summed E-state index contributed by atoms with van der Waals surface area (Å²) >= 11 is 1.72. The lowest BCUT2D eigenvalue weighted by Gasteiger charge is -2.35. The Labute approximate surface area is 154 Å². The highest BCUT2D eigenvalue weighted by molar-refractivity contribution is 7.22. The van der Waals surface area contributed by atoms with Crippen molar-refractivity contribution in [2.75, 3.05) is 36.0 Å². The van der Waals surface area contributed by atoms with Gasteiger partial charge in [-0.05, 0) is 6.07 Å². The summed E-state index contributed by atoms with van der Waals surface area (Å²) in [5.74, 6) is 1.87. The van der Waals surface area contributed by atoms with Crippen molar-refractivity contribution in [2.45, 2.75) is 13.3 Å². The molecule has 1 aliphatic heterocycles. The normalized spacial score (nSPS) is 15.3. The van der Waals surface area contributed by atoms with Crippen LogP contribution < -0.4 is 9.80 Å². The number of thiazole rings is 1. The van der Waals surface area contributed by atoms with Gasteiger partial charge in [0.05, 0.1) is 10.9 Å². The topological polar surface area (TPSA) is 75.3 Å². The van der Waals surface area contributed by atoms with E-state index >= 15 is 0 Å². The number of piperazine rings is 1. The summed E-state index contributed by atoms with van der Waals surface area (Å²) in [5, 5.41) is 9.69. The lowest BCUT2D eigenvalue weighted by atomic mass is 10.3. The highest BCUT2D eigenvalue weighted by atomic mass is 32.1. The van der Waals surface area contributed by atoms with Crippen LogP contribution in [0.1, 0.15) is 12.7 Å². The Morgan fingerprint density at radius 2 is 1.92 bits per heavy atom. The number of nitrogens with zero attached hydrogens (tertiary/aromatic N) is 8. The second-order valence-corrected chi connectivity index (χ2v) is 7.24. The van der Waals surface area contributed by atoms with Crippen LogP contribution in [0.3, 0.4) is 0 Å². The first-order valence-electron chi connectivity index (χ1n) is 8.72. The van der Waals surface area contributed by atoms with Crippen molar-refractivity contribution in [3.63, 3.8) is 0 Å². The van der Waals surface area contributed by atoms with E-state index in [1.807, 2.05) is 35.3 Å². The van der Waals surface area contributed by atoms with Crippen LogP contribution >= 0.6 is 11.3 Å². The quantitative estimate of drug-likeness (QED) is 0.549. The van der Waals surface area contributed by atoms with Gasteiger partial charge in [-0.15, -0.1) is 10.2 Å². The fraction of sp³-hybridized carbons (Fsp3) is 0.353. The van der Waals surface area contributed by atoms with E-state index in [9.17, 15) is 0 Å². The molecule has 0 amide bonds. The minimum atomic E-state index is 0.837. The average Bonchev–Trinajstić information content (AvgIpc) is 3.31. The third-order valence-corrected chi connectivity index (χ3v) is 5.82. The maximum Gasteiger partial charge on any atom is 0.203 e. The Morgan fingerprint density at radius 1 is 1.08 bits per heavy atom. The molecule has 8 nitrogen and oxygen atoms in total. The van der Waals surface area contributed by atoms with Crippen molar-refractivity contribution in [1.82, 2.24) is 29.5 Å². The van der Waals surface area contributed by atoms with E-state index in [-0.39, 0.29) is 0 Å². The molecule has 0 unspecified atom stereocenters. The van der Waals surface area contributed by atoms with Crippen LogP contribution in [0, 0.1) is 0 Å². The van der Waals surface area contributed by atoms with Gasteiger partial charge in [0.25, 0.3) is 0 Å². The lowest BCUT2D eigenvalue weighted by Crippen LogP contribution is -2.47. The molecule has 1 saturated heterocycles. The predicted molar refractivity (Wildman–Crippen MR) is 102 cm³/mol. The molecule has 0 spiro atoms. The molecule has 5 rings (SSSR count). The molecule has 4 aromatic rings. The Hall–Kier alpha value is -2.81. The van der Waals surface area contributed by atoms with Crippen molar-refractivity contribution >= 4 is 38.2 Å². The number of hydrogen-bond acceptors (Lipinski definition) is 8. The van der Waals surface area contributed by atoms with Gasteiger partial charge >= 0.3 is 0 Å². The number of rotatable bonds is 3. The van der Waals surface area contributed by atoms with Crippen LogP contribution in [0.2, 0.25) is 0 Å². The first kappa shape index (κ1) is 15.4. The molecule has 0 saturated carbocycles.